The van der Waals surface area contributed by atoms with Crippen molar-refractivity contribution in [1.82, 2.24) is 4.57 Å². The van der Waals surface area contributed by atoms with Gasteiger partial charge in [-0.3, -0.25) is 9.36 Å². The number of nitrogens with zero attached hydrogens (tertiary/aromatic N) is 1. The van der Waals surface area contributed by atoms with Crippen molar-refractivity contribution in [2.75, 3.05) is 0 Å². The van der Waals surface area contributed by atoms with Crippen LogP contribution in [0.3, 0.4) is 0 Å². The van der Waals surface area contributed by atoms with Crippen molar-refractivity contribution in [3.63, 3.8) is 0 Å². The smallest absolute Gasteiger partial charge is 0.323 e. The Morgan fingerprint density at radius 1 is 1.12 bits per heavy atom. The maximum atomic E-state index is 10.9. The van der Waals surface area contributed by atoms with Gasteiger partial charge in [0.05, 0.1) is 0 Å². The average molecular weight is 359 g/mol. The summed E-state index contributed by atoms with van der Waals surface area (Å²) in [6.45, 7) is 5.94. The van der Waals surface area contributed by atoms with Gasteiger partial charge in [-0.05, 0) is 59.3 Å². The van der Waals surface area contributed by atoms with E-state index in [-0.39, 0.29) is 11.8 Å². The number of hydrogen-bond acceptors (Lipinski definition) is 3. The van der Waals surface area contributed by atoms with E-state index in [0.717, 1.165) is 30.3 Å². The zero-order valence-corrected chi connectivity index (χ0v) is 15.9. The molecule has 142 valence electrons. The number of carboxylic acids is 1. The lowest BCUT2D eigenvalue weighted by molar-refractivity contribution is -0.137. The predicted molar refractivity (Wildman–Crippen MR) is 103 cm³/mol. The van der Waals surface area contributed by atoms with Gasteiger partial charge in [-0.15, -0.1) is 0 Å². The summed E-state index contributed by atoms with van der Waals surface area (Å²) in [5.41, 5.74) is 5.24. The molecule has 0 spiro atoms. The minimum atomic E-state index is -1.09. The normalized spacial score (nSPS) is 14.0. The van der Waals surface area contributed by atoms with Gasteiger partial charge in [0.15, 0.2) is 11.8 Å². The second-order valence-electron chi connectivity index (χ2n) is 7.24. The molecule has 5 nitrogen and oxygen atoms in total. The minimum Gasteiger partial charge on any atom is -0.494 e. The number of carboxylic acid groups (broad SMARTS) is 1. The van der Waals surface area contributed by atoms with Gasteiger partial charge in [-0.2, -0.15) is 0 Å². The van der Waals surface area contributed by atoms with Crippen LogP contribution in [0.1, 0.15) is 57.6 Å². The molecule has 3 N–H and O–H groups in total. The number of aliphatic carboxylic acids is 1. The van der Waals surface area contributed by atoms with Crippen LogP contribution in [0.2, 0.25) is 0 Å². The average Bonchev–Trinajstić information content (AvgIpc) is 2.79. The van der Waals surface area contributed by atoms with Crippen molar-refractivity contribution in [3.05, 3.63) is 46.1 Å². The Morgan fingerprint density at radius 3 is 2.46 bits per heavy atom. The topological polar surface area (TPSA) is 82.7 Å². The summed E-state index contributed by atoms with van der Waals surface area (Å²) in [7, 11) is 0. The van der Waals surface area contributed by atoms with E-state index in [1.807, 2.05) is 0 Å². The maximum Gasteiger partial charge on any atom is 0.323 e. The number of aromatic hydroxyl groups is 2. The molecule has 0 fully saturated rings. The molecule has 0 saturated carbocycles. The lowest BCUT2D eigenvalue weighted by Crippen LogP contribution is -2.07. The standard InChI is InChI=1S/C21H29NO4/c1-14(2)6-4-7-15(3)8-5-9-16-10-11-17-18(12-16)21(26)22(20(17)25)13-19(23)24/h6,8,10,25-26H,4-5,7,9,11-13H2,1-3H3,(H,23,24). The number of allylic oxidation sites excluding steroid dienone is 6. The Hall–Kier alpha value is -2.43. The van der Waals surface area contributed by atoms with Crippen molar-refractivity contribution in [2.24, 2.45) is 0 Å². The second-order valence-corrected chi connectivity index (χ2v) is 7.24. The number of aromatic nitrogens is 1. The predicted octanol–water partition coefficient (Wildman–Crippen LogP) is 4.48. The molecular formula is C21H29NO4. The zero-order valence-electron chi connectivity index (χ0n) is 15.9. The summed E-state index contributed by atoms with van der Waals surface area (Å²) in [5, 5.41) is 29.4. The first-order chi connectivity index (χ1) is 12.3. The van der Waals surface area contributed by atoms with Crippen LogP contribution in [-0.4, -0.2) is 25.9 Å². The van der Waals surface area contributed by atoms with Gasteiger partial charge in [-0.25, -0.2) is 0 Å². The fourth-order valence-corrected chi connectivity index (χ4v) is 3.31. The number of hydrogen-bond donors (Lipinski definition) is 3. The Labute approximate surface area is 155 Å². The molecule has 1 aliphatic carbocycles. The molecule has 1 aliphatic rings. The van der Waals surface area contributed by atoms with E-state index in [2.05, 4.69) is 39.0 Å². The third kappa shape index (κ3) is 5.04. The third-order valence-electron chi connectivity index (χ3n) is 4.76. The highest BCUT2D eigenvalue weighted by molar-refractivity contribution is 5.68. The van der Waals surface area contributed by atoms with Gasteiger partial charge in [-0.1, -0.05) is 34.9 Å². The van der Waals surface area contributed by atoms with Crippen molar-refractivity contribution < 1.29 is 20.1 Å². The van der Waals surface area contributed by atoms with Gasteiger partial charge in [0.1, 0.15) is 6.54 Å². The van der Waals surface area contributed by atoms with Gasteiger partial charge in [0.25, 0.3) is 0 Å². The highest BCUT2D eigenvalue weighted by Crippen LogP contribution is 2.39. The van der Waals surface area contributed by atoms with Gasteiger partial charge in [0.2, 0.25) is 0 Å². The van der Waals surface area contributed by atoms with Crippen LogP contribution in [0.5, 0.6) is 11.8 Å². The van der Waals surface area contributed by atoms with Crippen LogP contribution in [0.15, 0.2) is 34.9 Å². The molecule has 26 heavy (non-hydrogen) atoms. The molecule has 1 aromatic heterocycles. The molecule has 0 atom stereocenters. The molecule has 1 heterocycles. The Morgan fingerprint density at radius 2 is 1.81 bits per heavy atom. The van der Waals surface area contributed by atoms with Gasteiger partial charge in [0, 0.05) is 11.1 Å². The largest absolute Gasteiger partial charge is 0.494 e. The molecule has 2 rings (SSSR count). The highest BCUT2D eigenvalue weighted by Gasteiger charge is 2.25. The van der Waals surface area contributed by atoms with Crippen molar-refractivity contribution in [2.45, 2.75) is 65.8 Å². The molecular weight excluding hydrogens is 330 g/mol. The molecule has 1 aromatic rings. The second kappa shape index (κ2) is 8.79. The molecule has 0 radical (unpaired) electrons. The van der Waals surface area contributed by atoms with E-state index in [9.17, 15) is 15.0 Å². The number of carbonyl (C=O) groups is 1. The minimum absolute atomic E-state index is 0.126. The Bertz CT molecular complexity index is 761. The molecule has 0 aromatic carbocycles. The van der Waals surface area contributed by atoms with Crippen LogP contribution in [-0.2, 0) is 24.2 Å². The van der Waals surface area contributed by atoms with Crippen LogP contribution in [0.25, 0.3) is 0 Å². The molecule has 0 bridgehead atoms. The summed E-state index contributed by atoms with van der Waals surface area (Å²) in [4.78, 5) is 10.9. The van der Waals surface area contributed by atoms with Gasteiger partial charge >= 0.3 is 5.97 Å². The zero-order chi connectivity index (χ0) is 19.3. The monoisotopic (exact) mass is 359 g/mol. The van der Waals surface area contributed by atoms with E-state index in [0.29, 0.717) is 24.0 Å². The van der Waals surface area contributed by atoms with Crippen LogP contribution >= 0.6 is 0 Å². The SMILES string of the molecule is CC(C)=CCCC(C)=CCCC1=CCc2c(c(O)n(CC(=O)O)c2O)C1. The maximum absolute atomic E-state index is 10.9. The van der Waals surface area contributed by atoms with Crippen molar-refractivity contribution >= 4 is 5.97 Å². The summed E-state index contributed by atoms with van der Waals surface area (Å²) >= 11 is 0. The molecule has 0 aliphatic heterocycles. The molecule has 0 saturated heterocycles. The number of fused-ring (bicyclic) bond motifs is 1. The van der Waals surface area contributed by atoms with Crippen molar-refractivity contribution in [3.8, 4) is 11.8 Å². The first-order valence-corrected chi connectivity index (χ1v) is 9.10. The van der Waals surface area contributed by atoms with Crippen molar-refractivity contribution in [1.29, 1.82) is 0 Å². The molecule has 5 heteroatoms. The first kappa shape index (κ1) is 19.9. The van der Waals surface area contributed by atoms with Crippen LogP contribution in [0.4, 0.5) is 0 Å². The molecule has 0 unspecified atom stereocenters. The van der Waals surface area contributed by atoms with E-state index >= 15 is 0 Å². The van der Waals surface area contributed by atoms with Crippen LogP contribution < -0.4 is 0 Å². The summed E-state index contributed by atoms with van der Waals surface area (Å²) < 4.78 is 1.07. The Kier molecular flexibility index (Phi) is 6.72. The van der Waals surface area contributed by atoms with E-state index in [4.69, 9.17) is 5.11 Å². The lowest BCUT2D eigenvalue weighted by atomic mass is 9.91. The summed E-state index contributed by atoms with van der Waals surface area (Å²) in [5.74, 6) is -1.35. The van der Waals surface area contributed by atoms with Crippen LogP contribution in [0, 0.1) is 0 Å². The summed E-state index contributed by atoms with van der Waals surface area (Å²) in [6.07, 6.45) is 11.7. The third-order valence-corrected chi connectivity index (χ3v) is 4.76. The highest BCUT2D eigenvalue weighted by atomic mass is 16.4. The first-order valence-electron chi connectivity index (χ1n) is 9.10. The quantitative estimate of drug-likeness (QED) is 0.598. The fourth-order valence-electron chi connectivity index (χ4n) is 3.31. The van der Waals surface area contributed by atoms with E-state index < -0.39 is 12.5 Å². The summed E-state index contributed by atoms with van der Waals surface area (Å²) in [6, 6.07) is 0. The fraction of sp³-hybridized carbons (Fsp3) is 0.476. The van der Waals surface area contributed by atoms with E-state index in [1.54, 1.807) is 0 Å². The lowest BCUT2D eigenvalue weighted by Gasteiger charge is -2.13. The van der Waals surface area contributed by atoms with Gasteiger partial charge < -0.3 is 15.3 Å². The molecule has 0 amide bonds. The Balaban J connectivity index is 1.95. The van der Waals surface area contributed by atoms with E-state index in [1.165, 1.54) is 16.7 Å². The number of rotatable bonds is 8.